The minimum atomic E-state index is -3.57. The molecule has 4 rings (SSSR count). The van der Waals surface area contributed by atoms with Crippen molar-refractivity contribution in [2.45, 2.75) is 24.7 Å². The molecule has 2 aromatic carbocycles. The topological polar surface area (TPSA) is 87.2 Å². The molecule has 2 fully saturated rings. The van der Waals surface area contributed by atoms with Crippen LogP contribution in [-0.2, 0) is 19.6 Å². The van der Waals surface area contributed by atoms with Crippen LogP contribution < -0.4 is 9.64 Å². The molecule has 0 spiro atoms. The number of amides is 2. The Bertz CT molecular complexity index is 1090. The molecule has 8 nitrogen and oxygen atoms in total. The summed E-state index contributed by atoms with van der Waals surface area (Å²) >= 11 is 0. The SMILES string of the molecule is Cc1ccc(S(=O)(=O)N2CCN(C(=O)COc3cccc(N4CCCC4=O)c3)CC2)cc1. The minimum Gasteiger partial charge on any atom is -0.484 e. The summed E-state index contributed by atoms with van der Waals surface area (Å²) in [5, 5.41) is 0. The van der Waals surface area contributed by atoms with Gasteiger partial charge in [0.05, 0.1) is 4.90 Å². The van der Waals surface area contributed by atoms with Gasteiger partial charge in [0.2, 0.25) is 15.9 Å². The van der Waals surface area contributed by atoms with Gasteiger partial charge in [-0.1, -0.05) is 23.8 Å². The highest BCUT2D eigenvalue weighted by molar-refractivity contribution is 7.89. The molecule has 0 atom stereocenters. The summed E-state index contributed by atoms with van der Waals surface area (Å²) in [6.45, 7) is 3.58. The largest absolute Gasteiger partial charge is 0.484 e. The van der Waals surface area contributed by atoms with Crippen LogP contribution in [0.5, 0.6) is 5.75 Å². The summed E-state index contributed by atoms with van der Waals surface area (Å²) in [6.07, 6.45) is 1.39. The Morgan fingerprint density at radius 1 is 1.00 bits per heavy atom. The van der Waals surface area contributed by atoms with Crippen molar-refractivity contribution in [2.24, 2.45) is 0 Å². The van der Waals surface area contributed by atoms with E-state index < -0.39 is 10.0 Å². The van der Waals surface area contributed by atoms with E-state index in [-0.39, 0.29) is 36.4 Å². The molecule has 170 valence electrons. The molecular formula is C23H27N3O5S. The number of piperazine rings is 1. The zero-order chi connectivity index (χ0) is 22.7. The number of benzene rings is 2. The highest BCUT2D eigenvalue weighted by Crippen LogP contribution is 2.25. The van der Waals surface area contributed by atoms with E-state index in [0.717, 1.165) is 17.7 Å². The highest BCUT2D eigenvalue weighted by Gasteiger charge is 2.30. The molecule has 0 aliphatic carbocycles. The van der Waals surface area contributed by atoms with Crippen molar-refractivity contribution in [3.8, 4) is 5.75 Å². The summed E-state index contributed by atoms with van der Waals surface area (Å²) in [7, 11) is -3.57. The number of ether oxygens (including phenoxy) is 1. The number of carbonyl (C=O) groups excluding carboxylic acids is 2. The first-order valence-corrected chi connectivity index (χ1v) is 12.2. The van der Waals surface area contributed by atoms with Crippen LogP contribution in [0, 0.1) is 6.92 Å². The molecule has 2 aliphatic rings. The molecule has 2 amide bonds. The monoisotopic (exact) mass is 457 g/mol. The van der Waals surface area contributed by atoms with Gasteiger partial charge in [0.25, 0.3) is 5.91 Å². The number of carbonyl (C=O) groups is 2. The first-order chi connectivity index (χ1) is 15.3. The lowest BCUT2D eigenvalue weighted by atomic mass is 10.2. The second kappa shape index (κ2) is 9.30. The Balaban J connectivity index is 1.30. The number of aryl methyl sites for hydroxylation is 1. The maximum absolute atomic E-state index is 12.8. The van der Waals surface area contributed by atoms with E-state index in [4.69, 9.17) is 4.74 Å². The van der Waals surface area contributed by atoms with Gasteiger partial charge in [0, 0.05) is 50.9 Å². The van der Waals surface area contributed by atoms with Crippen LogP contribution in [-0.4, -0.2) is 68.8 Å². The van der Waals surface area contributed by atoms with Crippen molar-refractivity contribution in [3.63, 3.8) is 0 Å². The molecule has 0 saturated carbocycles. The lowest BCUT2D eigenvalue weighted by Gasteiger charge is -2.34. The summed E-state index contributed by atoms with van der Waals surface area (Å²) in [5.41, 5.74) is 1.77. The molecular weight excluding hydrogens is 430 g/mol. The molecule has 2 saturated heterocycles. The fraction of sp³-hybridized carbons (Fsp3) is 0.391. The highest BCUT2D eigenvalue weighted by atomic mass is 32.2. The van der Waals surface area contributed by atoms with Gasteiger partial charge in [-0.05, 0) is 37.6 Å². The number of anilines is 1. The second-order valence-corrected chi connectivity index (χ2v) is 9.97. The van der Waals surface area contributed by atoms with Crippen molar-refractivity contribution in [1.82, 2.24) is 9.21 Å². The van der Waals surface area contributed by atoms with E-state index in [9.17, 15) is 18.0 Å². The summed E-state index contributed by atoms with van der Waals surface area (Å²) in [6, 6.07) is 13.9. The Labute approximate surface area is 188 Å². The fourth-order valence-electron chi connectivity index (χ4n) is 3.94. The first kappa shape index (κ1) is 22.3. The molecule has 2 aromatic rings. The molecule has 0 aromatic heterocycles. The van der Waals surface area contributed by atoms with Crippen LogP contribution in [0.15, 0.2) is 53.4 Å². The van der Waals surface area contributed by atoms with Gasteiger partial charge in [-0.25, -0.2) is 8.42 Å². The number of hydrogen-bond donors (Lipinski definition) is 0. The van der Waals surface area contributed by atoms with Gasteiger partial charge in [-0.3, -0.25) is 9.59 Å². The Kier molecular flexibility index (Phi) is 6.48. The van der Waals surface area contributed by atoms with Gasteiger partial charge < -0.3 is 14.5 Å². The maximum atomic E-state index is 12.8. The van der Waals surface area contributed by atoms with Gasteiger partial charge in [-0.15, -0.1) is 0 Å². The van der Waals surface area contributed by atoms with Crippen molar-refractivity contribution < 1.29 is 22.7 Å². The molecule has 2 aliphatic heterocycles. The van der Waals surface area contributed by atoms with Gasteiger partial charge in [0.15, 0.2) is 6.61 Å². The Morgan fingerprint density at radius 3 is 2.38 bits per heavy atom. The lowest BCUT2D eigenvalue weighted by molar-refractivity contribution is -0.134. The minimum absolute atomic E-state index is 0.0942. The standard InChI is InChI=1S/C23H27N3O5S/c1-18-7-9-21(10-8-18)32(29,30)25-14-12-24(13-15-25)23(28)17-31-20-5-2-4-19(16-20)26-11-3-6-22(26)27/h2,4-5,7-10,16H,3,6,11-15,17H2,1H3. The van der Waals surface area contributed by atoms with Crippen molar-refractivity contribution in [3.05, 3.63) is 54.1 Å². The van der Waals surface area contributed by atoms with Crippen LogP contribution >= 0.6 is 0 Å². The molecule has 0 N–H and O–H groups in total. The van der Waals surface area contributed by atoms with E-state index in [1.807, 2.05) is 13.0 Å². The van der Waals surface area contributed by atoms with Crippen molar-refractivity contribution >= 4 is 27.5 Å². The lowest BCUT2D eigenvalue weighted by Crippen LogP contribution is -2.51. The van der Waals surface area contributed by atoms with Crippen LogP contribution in [0.3, 0.4) is 0 Å². The average molecular weight is 458 g/mol. The molecule has 0 radical (unpaired) electrons. The zero-order valence-corrected chi connectivity index (χ0v) is 18.9. The predicted octanol–water partition coefficient (Wildman–Crippen LogP) is 2.03. The molecule has 0 unspecified atom stereocenters. The number of hydrogen-bond acceptors (Lipinski definition) is 5. The first-order valence-electron chi connectivity index (χ1n) is 10.7. The third-order valence-electron chi connectivity index (χ3n) is 5.82. The maximum Gasteiger partial charge on any atom is 0.260 e. The zero-order valence-electron chi connectivity index (χ0n) is 18.1. The number of nitrogens with zero attached hydrogens (tertiary/aromatic N) is 3. The predicted molar refractivity (Wildman–Crippen MR) is 120 cm³/mol. The average Bonchev–Trinajstić information content (AvgIpc) is 3.24. The van der Waals surface area contributed by atoms with E-state index >= 15 is 0 Å². The van der Waals surface area contributed by atoms with Gasteiger partial charge in [-0.2, -0.15) is 4.31 Å². The van der Waals surface area contributed by atoms with E-state index in [0.29, 0.717) is 31.8 Å². The smallest absolute Gasteiger partial charge is 0.260 e. The van der Waals surface area contributed by atoms with Crippen LogP contribution in [0.4, 0.5) is 5.69 Å². The molecule has 2 heterocycles. The molecule has 9 heteroatoms. The van der Waals surface area contributed by atoms with Crippen LogP contribution in [0.25, 0.3) is 0 Å². The summed E-state index contributed by atoms with van der Waals surface area (Å²) < 4.78 is 32.7. The second-order valence-electron chi connectivity index (χ2n) is 8.03. The number of sulfonamides is 1. The van der Waals surface area contributed by atoms with Gasteiger partial charge >= 0.3 is 0 Å². The Hall–Kier alpha value is -2.91. The quantitative estimate of drug-likeness (QED) is 0.663. The van der Waals surface area contributed by atoms with Crippen molar-refractivity contribution in [2.75, 3.05) is 44.2 Å². The molecule has 32 heavy (non-hydrogen) atoms. The van der Waals surface area contributed by atoms with E-state index in [1.54, 1.807) is 52.3 Å². The van der Waals surface area contributed by atoms with Gasteiger partial charge in [0.1, 0.15) is 5.75 Å². The normalized spacial score (nSPS) is 17.6. The van der Waals surface area contributed by atoms with Crippen molar-refractivity contribution in [1.29, 1.82) is 0 Å². The van der Waals surface area contributed by atoms with E-state index in [2.05, 4.69) is 0 Å². The summed E-state index contributed by atoms with van der Waals surface area (Å²) in [5.74, 6) is 0.424. The molecule has 0 bridgehead atoms. The number of rotatable bonds is 6. The Morgan fingerprint density at radius 2 is 1.72 bits per heavy atom. The third kappa shape index (κ3) is 4.78. The van der Waals surface area contributed by atoms with Crippen LogP contribution in [0.1, 0.15) is 18.4 Å². The van der Waals surface area contributed by atoms with E-state index in [1.165, 1.54) is 4.31 Å². The third-order valence-corrected chi connectivity index (χ3v) is 7.73. The van der Waals surface area contributed by atoms with Crippen LogP contribution in [0.2, 0.25) is 0 Å². The summed E-state index contributed by atoms with van der Waals surface area (Å²) in [4.78, 5) is 28.1. The fourth-order valence-corrected chi connectivity index (χ4v) is 5.36.